The van der Waals surface area contributed by atoms with Crippen LogP contribution in [0.25, 0.3) is 0 Å². The summed E-state index contributed by atoms with van der Waals surface area (Å²) >= 11 is 16.5. The molecule has 0 aromatic heterocycles. The van der Waals surface area contributed by atoms with E-state index in [0.717, 1.165) is 0 Å². The second-order valence-electron chi connectivity index (χ2n) is 2.05. The van der Waals surface area contributed by atoms with Crippen LogP contribution in [0, 0.1) is 0 Å². The van der Waals surface area contributed by atoms with Crippen molar-refractivity contribution in [2.24, 2.45) is 4.99 Å². The maximum Gasteiger partial charge on any atom is 0.266 e. The molecule has 0 aliphatic carbocycles. The molecule has 2 nitrogen and oxygen atoms in total. The maximum absolute atomic E-state index is 5.50. The van der Waals surface area contributed by atoms with Crippen LogP contribution in [0.2, 0.25) is 0 Å². The summed E-state index contributed by atoms with van der Waals surface area (Å²) in [6, 6.07) is -0.0828. The van der Waals surface area contributed by atoms with E-state index in [1.807, 2.05) is 0 Å². The van der Waals surface area contributed by atoms with Crippen molar-refractivity contribution >= 4 is 40.7 Å². The first-order valence-corrected chi connectivity index (χ1v) is 4.08. The smallest absolute Gasteiger partial charge is 0.266 e. The Bertz CT molecular complexity index is 196. The van der Waals surface area contributed by atoms with Gasteiger partial charge in [-0.3, -0.25) is 0 Å². The van der Waals surface area contributed by atoms with Gasteiger partial charge in [0.25, 0.3) is 3.79 Å². The zero-order valence-electron chi connectivity index (χ0n) is 5.56. The molecule has 1 aliphatic heterocycles. The van der Waals surface area contributed by atoms with Gasteiger partial charge in [0.2, 0.25) is 5.90 Å². The molecule has 5 heteroatoms. The minimum absolute atomic E-state index is 0.0828. The maximum atomic E-state index is 5.50. The first kappa shape index (κ1) is 9.17. The zero-order chi connectivity index (χ0) is 8.48. The summed E-state index contributed by atoms with van der Waals surface area (Å²) < 4.78 is 3.46. The van der Waals surface area contributed by atoms with E-state index in [1.54, 1.807) is 6.08 Å². The molecule has 0 radical (unpaired) electrons. The van der Waals surface area contributed by atoms with Crippen LogP contribution in [0.4, 0.5) is 0 Å². The quantitative estimate of drug-likeness (QED) is 0.485. The van der Waals surface area contributed by atoms with E-state index in [4.69, 9.17) is 39.5 Å². The summed E-state index contributed by atoms with van der Waals surface area (Å²) in [4.78, 5) is 3.96. The van der Waals surface area contributed by atoms with Crippen molar-refractivity contribution < 1.29 is 4.74 Å². The molecule has 0 bridgehead atoms. The molecule has 11 heavy (non-hydrogen) atoms. The number of nitrogens with zero attached hydrogens (tertiary/aromatic N) is 1. The van der Waals surface area contributed by atoms with Gasteiger partial charge in [0, 0.05) is 0 Å². The van der Waals surface area contributed by atoms with Crippen molar-refractivity contribution in [3.63, 3.8) is 0 Å². The Labute approximate surface area is 79.8 Å². The van der Waals surface area contributed by atoms with Crippen LogP contribution in [-0.2, 0) is 4.74 Å². The Morgan fingerprint density at radius 3 is 2.55 bits per heavy atom. The SMILES string of the molecule is C=C[C@@H]1COC(C(Cl)(Cl)Cl)=N1. The third-order valence-corrected chi connectivity index (χ3v) is 1.67. The fourth-order valence-corrected chi connectivity index (χ4v) is 0.975. The fourth-order valence-electron chi connectivity index (χ4n) is 0.665. The number of alkyl halides is 3. The van der Waals surface area contributed by atoms with Crippen LogP contribution in [-0.4, -0.2) is 22.3 Å². The van der Waals surface area contributed by atoms with Crippen molar-refractivity contribution in [1.82, 2.24) is 0 Å². The van der Waals surface area contributed by atoms with Crippen LogP contribution in [0.3, 0.4) is 0 Å². The first-order chi connectivity index (χ1) is 5.04. The van der Waals surface area contributed by atoms with Gasteiger partial charge in [-0.15, -0.1) is 6.58 Å². The lowest BCUT2D eigenvalue weighted by Gasteiger charge is -2.08. The topological polar surface area (TPSA) is 21.6 Å². The van der Waals surface area contributed by atoms with Gasteiger partial charge in [-0.25, -0.2) is 4.99 Å². The Morgan fingerprint density at radius 1 is 1.64 bits per heavy atom. The molecule has 62 valence electrons. The van der Waals surface area contributed by atoms with E-state index in [0.29, 0.717) is 6.61 Å². The number of aliphatic imine (C=N–C) groups is 1. The van der Waals surface area contributed by atoms with Gasteiger partial charge in [0.05, 0.1) is 0 Å². The van der Waals surface area contributed by atoms with Crippen LogP contribution in [0.15, 0.2) is 17.6 Å². The molecule has 0 saturated carbocycles. The van der Waals surface area contributed by atoms with Crippen LogP contribution in [0.1, 0.15) is 0 Å². The third-order valence-electron chi connectivity index (χ3n) is 1.19. The van der Waals surface area contributed by atoms with Gasteiger partial charge in [-0.05, 0) is 0 Å². The molecule has 1 atom stereocenters. The molecule has 1 heterocycles. The molecule has 0 spiro atoms. The summed E-state index contributed by atoms with van der Waals surface area (Å²) in [7, 11) is 0. The van der Waals surface area contributed by atoms with Crippen molar-refractivity contribution in [1.29, 1.82) is 0 Å². The molecule has 0 saturated heterocycles. The summed E-state index contributed by atoms with van der Waals surface area (Å²) in [5.74, 6) is 0.146. The normalized spacial score (nSPS) is 24.3. The third kappa shape index (κ3) is 2.26. The molecule has 0 N–H and O–H groups in total. The Morgan fingerprint density at radius 2 is 2.27 bits per heavy atom. The van der Waals surface area contributed by atoms with Crippen molar-refractivity contribution in [3.05, 3.63) is 12.7 Å². The van der Waals surface area contributed by atoms with Gasteiger partial charge < -0.3 is 4.74 Å². The number of hydrogen-bond acceptors (Lipinski definition) is 2. The summed E-state index contributed by atoms with van der Waals surface area (Å²) in [6.45, 7) is 3.95. The summed E-state index contributed by atoms with van der Waals surface area (Å²) in [5, 5.41) is 0. The molecular formula is C6H6Cl3NO. The largest absolute Gasteiger partial charge is 0.475 e. The van der Waals surface area contributed by atoms with Gasteiger partial charge in [0.15, 0.2) is 0 Å². The van der Waals surface area contributed by atoms with E-state index in [-0.39, 0.29) is 11.9 Å². The molecule has 0 fully saturated rings. The molecule has 0 aromatic carbocycles. The second-order valence-corrected chi connectivity index (χ2v) is 4.33. The van der Waals surface area contributed by atoms with E-state index < -0.39 is 3.79 Å². The summed E-state index contributed by atoms with van der Waals surface area (Å²) in [5.41, 5.74) is 0. The fraction of sp³-hybridized carbons (Fsp3) is 0.500. The van der Waals surface area contributed by atoms with Gasteiger partial charge >= 0.3 is 0 Å². The van der Waals surface area contributed by atoms with Gasteiger partial charge in [-0.2, -0.15) is 0 Å². The highest BCUT2D eigenvalue weighted by Gasteiger charge is 2.34. The number of rotatable bonds is 1. The molecule has 0 aromatic rings. The predicted molar refractivity (Wildman–Crippen MR) is 47.7 cm³/mol. The van der Waals surface area contributed by atoms with Crippen molar-refractivity contribution in [2.45, 2.75) is 9.83 Å². The average molecular weight is 214 g/mol. The Balaban J connectivity index is 2.69. The minimum atomic E-state index is -1.54. The van der Waals surface area contributed by atoms with Gasteiger partial charge in [0.1, 0.15) is 12.6 Å². The van der Waals surface area contributed by atoms with Crippen molar-refractivity contribution in [3.8, 4) is 0 Å². The highest BCUT2D eigenvalue weighted by Crippen LogP contribution is 2.31. The number of hydrogen-bond donors (Lipinski definition) is 0. The van der Waals surface area contributed by atoms with E-state index in [1.165, 1.54) is 0 Å². The molecular weight excluding hydrogens is 208 g/mol. The van der Waals surface area contributed by atoms with Crippen LogP contribution in [0.5, 0.6) is 0 Å². The Kier molecular flexibility index (Phi) is 2.68. The van der Waals surface area contributed by atoms with Crippen molar-refractivity contribution in [2.75, 3.05) is 6.61 Å². The first-order valence-electron chi connectivity index (χ1n) is 2.94. The summed E-state index contributed by atoms with van der Waals surface area (Å²) in [6.07, 6.45) is 1.64. The van der Waals surface area contributed by atoms with Crippen LogP contribution < -0.4 is 0 Å². The highest BCUT2D eigenvalue weighted by atomic mass is 35.6. The second kappa shape index (κ2) is 3.21. The predicted octanol–water partition coefficient (Wildman–Crippen LogP) is 2.34. The Hall–Kier alpha value is 0.0800. The number of ether oxygens (including phenoxy) is 1. The van der Waals surface area contributed by atoms with Gasteiger partial charge in [-0.1, -0.05) is 40.9 Å². The minimum Gasteiger partial charge on any atom is -0.475 e. The van der Waals surface area contributed by atoms with E-state index >= 15 is 0 Å². The zero-order valence-corrected chi connectivity index (χ0v) is 7.83. The lowest BCUT2D eigenvalue weighted by Crippen LogP contribution is -2.18. The van der Waals surface area contributed by atoms with Crippen LogP contribution >= 0.6 is 34.8 Å². The molecule has 0 unspecified atom stereocenters. The monoisotopic (exact) mass is 213 g/mol. The van der Waals surface area contributed by atoms with E-state index in [9.17, 15) is 0 Å². The molecule has 0 amide bonds. The molecule has 1 rings (SSSR count). The highest BCUT2D eigenvalue weighted by molar-refractivity contribution is 6.76. The lowest BCUT2D eigenvalue weighted by molar-refractivity contribution is 0.326. The number of halogens is 3. The molecule has 1 aliphatic rings. The van der Waals surface area contributed by atoms with E-state index in [2.05, 4.69) is 11.6 Å². The average Bonchev–Trinajstić information content (AvgIpc) is 2.32. The standard InChI is InChI=1S/C6H6Cl3NO/c1-2-4-3-11-5(10-4)6(7,8)9/h2,4H,1,3H2/t4-/m1/s1. The lowest BCUT2D eigenvalue weighted by atomic mass is 10.3.